The highest BCUT2D eigenvalue weighted by molar-refractivity contribution is 7.07. The molecule has 0 bridgehead atoms. The summed E-state index contributed by atoms with van der Waals surface area (Å²) in [5.74, 6) is -0.290. The van der Waals surface area contributed by atoms with Crippen molar-refractivity contribution in [1.29, 1.82) is 0 Å². The number of rotatable bonds is 4. The molecule has 0 amide bonds. The fraction of sp³-hybridized carbons (Fsp3) is 0.400. The molecule has 3 rings (SSSR count). The largest absolute Gasteiger partial charge is 0.372 e. The lowest BCUT2D eigenvalue weighted by Crippen LogP contribution is -2.45. The lowest BCUT2D eigenvalue weighted by Gasteiger charge is -2.38. The summed E-state index contributed by atoms with van der Waals surface area (Å²) in [7, 11) is 0. The molecular formula is C20H26ClFN2S. The molecule has 25 heavy (non-hydrogen) atoms. The summed E-state index contributed by atoms with van der Waals surface area (Å²) in [6.45, 7) is 12.0. The average molecular weight is 381 g/mol. The van der Waals surface area contributed by atoms with Crippen molar-refractivity contribution in [3.05, 3.63) is 63.7 Å². The van der Waals surface area contributed by atoms with Crippen molar-refractivity contribution in [1.82, 2.24) is 4.90 Å². The Morgan fingerprint density at radius 1 is 1.20 bits per heavy atom. The molecule has 0 radical (unpaired) electrons. The van der Waals surface area contributed by atoms with Crippen LogP contribution in [0.15, 0.2) is 47.3 Å². The van der Waals surface area contributed by atoms with Crippen molar-refractivity contribution in [3.63, 3.8) is 0 Å². The number of nitrogens with zero attached hydrogens (tertiary/aromatic N) is 2. The van der Waals surface area contributed by atoms with E-state index in [0.29, 0.717) is 5.02 Å². The van der Waals surface area contributed by atoms with Crippen LogP contribution in [0.25, 0.3) is 0 Å². The number of piperazine rings is 1. The van der Waals surface area contributed by atoms with E-state index in [1.165, 1.54) is 29.8 Å². The minimum absolute atomic E-state index is 0.290. The van der Waals surface area contributed by atoms with Gasteiger partial charge in [-0.15, -0.1) is 0 Å². The van der Waals surface area contributed by atoms with E-state index in [9.17, 15) is 4.39 Å². The number of aryl methyl sites for hydroxylation is 1. The van der Waals surface area contributed by atoms with Crippen LogP contribution in [0.5, 0.6) is 0 Å². The highest BCUT2D eigenvalue weighted by Crippen LogP contribution is 2.27. The number of halogens is 2. The van der Waals surface area contributed by atoms with E-state index in [1.54, 1.807) is 17.4 Å². The third kappa shape index (κ3) is 5.75. The van der Waals surface area contributed by atoms with Crippen LogP contribution in [0.4, 0.5) is 10.1 Å². The Morgan fingerprint density at radius 3 is 2.40 bits per heavy atom. The minimum atomic E-state index is -0.290. The molecule has 0 spiro atoms. The summed E-state index contributed by atoms with van der Waals surface area (Å²) >= 11 is 7.84. The van der Waals surface area contributed by atoms with Gasteiger partial charge in [0.25, 0.3) is 0 Å². The van der Waals surface area contributed by atoms with Crippen molar-refractivity contribution in [2.75, 3.05) is 31.1 Å². The molecule has 2 nitrogen and oxygen atoms in total. The first-order chi connectivity index (χ1) is 12.0. The molecule has 1 aromatic carbocycles. The van der Waals surface area contributed by atoms with Gasteiger partial charge in [0.05, 0.1) is 10.7 Å². The van der Waals surface area contributed by atoms with Crippen LogP contribution in [-0.2, 0) is 6.42 Å². The zero-order valence-corrected chi connectivity index (χ0v) is 16.5. The molecule has 0 atom stereocenters. The van der Waals surface area contributed by atoms with Crippen LogP contribution in [0.2, 0.25) is 5.02 Å². The van der Waals surface area contributed by atoms with Crippen molar-refractivity contribution in [2.45, 2.75) is 26.7 Å². The fourth-order valence-corrected chi connectivity index (χ4v) is 3.76. The molecular weight excluding hydrogens is 355 g/mol. The molecule has 1 fully saturated rings. The van der Waals surface area contributed by atoms with Gasteiger partial charge in [-0.1, -0.05) is 32.0 Å². The maximum absolute atomic E-state index is 13.0. The monoisotopic (exact) mass is 380 g/mol. The number of thiophene rings is 1. The second-order valence-corrected chi connectivity index (χ2v) is 7.16. The van der Waals surface area contributed by atoms with Crippen LogP contribution in [-0.4, -0.2) is 31.1 Å². The average Bonchev–Trinajstić information content (AvgIpc) is 3.16. The summed E-state index contributed by atoms with van der Waals surface area (Å²) in [6.07, 6.45) is 2.15. The first-order valence-electron chi connectivity index (χ1n) is 8.69. The third-order valence-corrected chi connectivity index (χ3v) is 5.41. The molecule has 0 aliphatic carbocycles. The van der Waals surface area contributed by atoms with E-state index in [1.807, 2.05) is 0 Å². The predicted octanol–water partition coefficient (Wildman–Crippen LogP) is 5.84. The van der Waals surface area contributed by atoms with Gasteiger partial charge in [0, 0.05) is 31.9 Å². The zero-order chi connectivity index (χ0) is 18.2. The van der Waals surface area contributed by atoms with Crippen LogP contribution in [0, 0.1) is 5.82 Å². The first-order valence-corrected chi connectivity index (χ1v) is 10.0. The van der Waals surface area contributed by atoms with Gasteiger partial charge < -0.3 is 9.80 Å². The SMILES string of the molecule is C=C(CC)N1CCN(c2ccc(F)cc2Cl)CC1.CCc1ccsc1. The Kier molecular flexibility index (Phi) is 7.79. The third-order valence-electron chi connectivity index (χ3n) is 4.37. The second-order valence-electron chi connectivity index (χ2n) is 5.97. The van der Waals surface area contributed by atoms with Crippen molar-refractivity contribution in [2.24, 2.45) is 0 Å². The maximum atomic E-state index is 13.0. The molecule has 1 aliphatic rings. The van der Waals surface area contributed by atoms with E-state index >= 15 is 0 Å². The topological polar surface area (TPSA) is 6.48 Å². The summed E-state index contributed by atoms with van der Waals surface area (Å²) in [5, 5.41) is 4.77. The van der Waals surface area contributed by atoms with Crippen LogP contribution >= 0.6 is 22.9 Å². The van der Waals surface area contributed by atoms with Gasteiger partial charge in [-0.25, -0.2) is 4.39 Å². The summed E-state index contributed by atoms with van der Waals surface area (Å²) in [5.41, 5.74) is 3.55. The molecule has 0 saturated carbocycles. The smallest absolute Gasteiger partial charge is 0.124 e. The minimum Gasteiger partial charge on any atom is -0.372 e. The molecule has 2 aromatic rings. The maximum Gasteiger partial charge on any atom is 0.124 e. The molecule has 136 valence electrons. The van der Waals surface area contributed by atoms with Gasteiger partial charge in [0.15, 0.2) is 0 Å². The van der Waals surface area contributed by atoms with Gasteiger partial charge in [-0.3, -0.25) is 0 Å². The molecule has 0 N–H and O–H groups in total. The van der Waals surface area contributed by atoms with Crippen molar-refractivity contribution >= 4 is 28.6 Å². The Labute approximate surface area is 159 Å². The van der Waals surface area contributed by atoms with Crippen LogP contribution in [0.1, 0.15) is 25.8 Å². The fourth-order valence-electron chi connectivity index (χ4n) is 2.72. The summed E-state index contributed by atoms with van der Waals surface area (Å²) in [4.78, 5) is 4.50. The van der Waals surface area contributed by atoms with Crippen molar-refractivity contribution in [3.8, 4) is 0 Å². The number of allylic oxidation sites excluding steroid dienone is 1. The second kappa shape index (κ2) is 9.83. The Balaban J connectivity index is 0.000000269. The molecule has 1 saturated heterocycles. The van der Waals surface area contributed by atoms with Crippen LogP contribution in [0.3, 0.4) is 0 Å². The molecule has 5 heteroatoms. The molecule has 1 aromatic heterocycles. The molecule has 2 heterocycles. The van der Waals surface area contributed by atoms with E-state index < -0.39 is 0 Å². The summed E-state index contributed by atoms with van der Waals surface area (Å²) in [6, 6.07) is 6.74. The van der Waals surface area contributed by atoms with E-state index in [4.69, 9.17) is 11.6 Å². The quantitative estimate of drug-likeness (QED) is 0.657. The van der Waals surface area contributed by atoms with Gasteiger partial charge in [0.1, 0.15) is 5.82 Å². The number of anilines is 1. The molecule has 0 unspecified atom stereocenters. The lowest BCUT2D eigenvalue weighted by atomic mass is 10.2. The van der Waals surface area contributed by atoms with Gasteiger partial charge in [0.2, 0.25) is 0 Å². The number of hydrogen-bond donors (Lipinski definition) is 0. The molecule has 1 aliphatic heterocycles. The van der Waals surface area contributed by atoms with E-state index in [0.717, 1.165) is 38.3 Å². The predicted molar refractivity (Wildman–Crippen MR) is 108 cm³/mol. The first kappa shape index (κ1) is 19.8. The normalized spacial score (nSPS) is 14.1. The van der Waals surface area contributed by atoms with Crippen LogP contribution < -0.4 is 4.90 Å². The van der Waals surface area contributed by atoms with E-state index in [2.05, 4.69) is 47.1 Å². The standard InChI is InChI=1S/C14H18ClFN2.C6H8S/c1-3-11(2)17-6-8-18(9-7-17)14-5-4-12(16)10-13(14)15;1-2-6-3-4-7-5-6/h4-5,10H,2-3,6-9H2,1H3;3-5H,2H2,1H3. The zero-order valence-electron chi connectivity index (χ0n) is 15.0. The Morgan fingerprint density at radius 2 is 1.92 bits per heavy atom. The van der Waals surface area contributed by atoms with Crippen molar-refractivity contribution < 1.29 is 4.39 Å². The van der Waals surface area contributed by atoms with Gasteiger partial charge >= 0.3 is 0 Å². The number of hydrogen-bond acceptors (Lipinski definition) is 3. The number of benzene rings is 1. The highest BCUT2D eigenvalue weighted by atomic mass is 35.5. The lowest BCUT2D eigenvalue weighted by molar-refractivity contribution is 0.315. The Hall–Kier alpha value is -1.52. The van der Waals surface area contributed by atoms with Gasteiger partial charge in [-0.2, -0.15) is 11.3 Å². The van der Waals surface area contributed by atoms with Gasteiger partial charge in [-0.05, 0) is 53.4 Å². The van der Waals surface area contributed by atoms with E-state index in [-0.39, 0.29) is 5.82 Å². The Bertz CT molecular complexity index is 664. The summed E-state index contributed by atoms with van der Waals surface area (Å²) < 4.78 is 13.0. The highest BCUT2D eigenvalue weighted by Gasteiger charge is 2.19.